The van der Waals surface area contributed by atoms with Gasteiger partial charge in [0.2, 0.25) is 5.91 Å². The summed E-state index contributed by atoms with van der Waals surface area (Å²) < 4.78 is 26.7. The van der Waals surface area contributed by atoms with Crippen LogP contribution in [-0.2, 0) is 4.79 Å². The number of nitrogens with zero attached hydrogens (tertiary/aromatic N) is 1. The number of carbonyl (C=O) groups is 3. The molecule has 21 heavy (non-hydrogen) atoms. The Morgan fingerprint density at radius 3 is 2.38 bits per heavy atom. The van der Waals surface area contributed by atoms with E-state index in [0.29, 0.717) is 12.1 Å². The SMILES string of the molecule is CCN(CC(N)=O)C(=O)Nc1cc(C(=O)O)c(F)cc1F. The lowest BCUT2D eigenvalue weighted by Gasteiger charge is -2.20. The van der Waals surface area contributed by atoms with E-state index in [2.05, 4.69) is 5.32 Å². The summed E-state index contributed by atoms with van der Waals surface area (Å²) in [4.78, 5) is 34.3. The van der Waals surface area contributed by atoms with Crippen LogP contribution in [0.1, 0.15) is 17.3 Å². The van der Waals surface area contributed by atoms with Crippen molar-refractivity contribution < 1.29 is 28.3 Å². The number of primary amides is 1. The lowest BCUT2D eigenvalue weighted by Crippen LogP contribution is -2.40. The zero-order valence-corrected chi connectivity index (χ0v) is 11.0. The summed E-state index contributed by atoms with van der Waals surface area (Å²) in [6.45, 7) is 1.28. The van der Waals surface area contributed by atoms with Gasteiger partial charge in [-0.25, -0.2) is 18.4 Å². The van der Waals surface area contributed by atoms with Crippen LogP contribution in [0.3, 0.4) is 0 Å². The van der Waals surface area contributed by atoms with Gasteiger partial charge in [-0.3, -0.25) is 4.79 Å². The van der Waals surface area contributed by atoms with Gasteiger partial charge in [0.05, 0.1) is 11.3 Å². The van der Waals surface area contributed by atoms with Crippen molar-refractivity contribution in [3.63, 3.8) is 0 Å². The second kappa shape index (κ2) is 6.64. The highest BCUT2D eigenvalue weighted by molar-refractivity contribution is 5.94. The normalized spacial score (nSPS) is 10.0. The van der Waals surface area contributed by atoms with Gasteiger partial charge in [-0.05, 0) is 13.0 Å². The number of hydrogen-bond acceptors (Lipinski definition) is 3. The van der Waals surface area contributed by atoms with Crippen LogP contribution in [0.25, 0.3) is 0 Å². The van der Waals surface area contributed by atoms with E-state index in [1.807, 2.05) is 0 Å². The minimum absolute atomic E-state index is 0.114. The zero-order chi connectivity index (χ0) is 16.2. The third kappa shape index (κ3) is 4.13. The number of aromatic carboxylic acids is 1. The van der Waals surface area contributed by atoms with Crippen LogP contribution in [0.4, 0.5) is 19.3 Å². The number of anilines is 1. The first kappa shape index (κ1) is 16.3. The standard InChI is InChI=1S/C12H13F2N3O4/c1-2-17(5-10(15)18)12(21)16-9-3-6(11(19)20)7(13)4-8(9)14/h3-4H,2,5H2,1H3,(H2,15,18)(H,16,21)(H,19,20). The molecular formula is C12H13F2N3O4. The van der Waals surface area contributed by atoms with Gasteiger partial charge in [0, 0.05) is 12.6 Å². The second-order valence-corrected chi connectivity index (χ2v) is 4.03. The number of carboxylic acids is 1. The zero-order valence-electron chi connectivity index (χ0n) is 11.0. The van der Waals surface area contributed by atoms with Crippen LogP contribution in [0.15, 0.2) is 12.1 Å². The molecule has 0 aliphatic rings. The molecule has 0 aliphatic carbocycles. The first-order valence-electron chi connectivity index (χ1n) is 5.82. The third-order valence-electron chi connectivity index (χ3n) is 2.54. The minimum atomic E-state index is -1.60. The second-order valence-electron chi connectivity index (χ2n) is 4.03. The van der Waals surface area contributed by atoms with E-state index in [1.165, 1.54) is 0 Å². The fourth-order valence-corrected chi connectivity index (χ4v) is 1.52. The summed E-state index contributed by atoms with van der Waals surface area (Å²) in [7, 11) is 0. The van der Waals surface area contributed by atoms with E-state index >= 15 is 0 Å². The van der Waals surface area contributed by atoms with Crippen LogP contribution in [0.5, 0.6) is 0 Å². The highest BCUT2D eigenvalue weighted by Gasteiger charge is 2.19. The molecule has 1 aromatic carbocycles. The fourth-order valence-electron chi connectivity index (χ4n) is 1.52. The first-order valence-corrected chi connectivity index (χ1v) is 5.82. The number of rotatable bonds is 5. The summed E-state index contributed by atoms with van der Waals surface area (Å²) in [5.74, 6) is -4.77. The van der Waals surface area contributed by atoms with E-state index in [1.54, 1.807) is 6.92 Å². The molecule has 0 saturated heterocycles. The van der Waals surface area contributed by atoms with E-state index < -0.39 is 47.3 Å². The summed E-state index contributed by atoms with van der Waals surface area (Å²) in [5, 5.41) is 10.8. The van der Waals surface area contributed by atoms with E-state index in [-0.39, 0.29) is 6.54 Å². The highest BCUT2D eigenvalue weighted by atomic mass is 19.1. The molecule has 3 amide bonds. The van der Waals surface area contributed by atoms with E-state index in [9.17, 15) is 23.2 Å². The number of amides is 3. The summed E-state index contributed by atoms with van der Waals surface area (Å²) in [5.41, 5.74) is 3.65. The average Bonchev–Trinajstić information content (AvgIpc) is 2.38. The Labute approximate surface area is 118 Å². The molecule has 0 aliphatic heterocycles. The molecule has 0 radical (unpaired) electrons. The van der Waals surface area contributed by atoms with Crippen LogP contribution in [-0.4, -0.2) is 41.0 Å². The average molecular weight is 301 g/mol. The largest absolute Gasteiger partial charge is 0.478 e. The Morgan fingerprint density at radius 2 is 1.90 bits per heavy atom. The summed E-state index contributed by atoms with van der Waals surface area (Å²) in [6, 6.07) is 0.144. The predicted molar refractivity (Wildman–Crippen MR) is 68.8 cm³/mol. The first-order chi connectivity index (χ1) is 9.76. The lowest BCUT2D eigenvalue weighted by atomic mass is 10.2. The molecule has 0 heterocycles. The molecule has 0 aromatic heterocycles. The molecule has 7 nitrogen and oxygen atoms in total. The molecule has 1 aromatic rings. The number of carboxylic acid groups (broad SMARTS) is 1. The molecule has 0 bridgehead atoms. The molecule has 9 heteroatoms. The fraction of sp³-hybridized carbons (Fsp3) is 0.250. The van der Waals surface area contributed by atoms with Crippen molar-refractivity contribution in [1.82, 2.24) is 4.90 Å². The summed E-state index contributed by atoms with van der Waals surface area (Å²) in [6.07, 6.45) is 0. The number of halogens is 2. The van der Waals surface area contributed by atoms with Gasteiger partial charge in [-0.15, -0.1) is 0 Å². The van der Waals surface area contributed by atoms with Crippen molar-refractivity contribution in [2.45, 2.75) is 6.92 Å². The van der Waals surface area contributed by atoms with E-state index in [4.69, 9.17) is 10.8 Å². The number of urea groups is 1. The van der Waals surface area contributed by atoms with Gasteiger partial charge in [0.15, 0.2) is 0 Å². The minimum Gasteiger partial charge on any atom is -0.478 e. The Kier molecular flexibility index (Phi) is 5.17. The highest BCUT2D eigenvalue weighted by Crippen LogP contribution is 2.20. The van der Waals surface area contributed by atoms with Crippen molar-refractivity contribution >= 4 is 23.6 Å². The number of hydrogen-bond donors (Lipinski definition) is 3. The van der Waals surface area contributed by atoms with E-state index in [0.717, 1.165) is 4.90 Å². The van der Waals surface area contributed by atoms with Crippen LogP contribution >= 0.6 is 0 Å². The van der Waals surface area contributed by atoms with Crippen molar-refractivity contribution in [2.24, 2.45) is 5.73 Å². The van der Waals surface area contributed by atoms with Crippen LogP contribution in [0.2, 0.25) is 0 Å². The monoisotopic (exact) mass is 301 g/mol. The molecular weight excluding hydrogens is 288 g/mol. The Bertz CT molecular complexity index is 592. The number of likely N-dealkylation sites (N-methyl/N-ethyl adjacent to an activating group) is 1. The molecule has 114 valence electrons. The molecule has 4 N–H and O–H groups in total. The van der Waals surface area contributed by atoms with Crippen LogP contribution in [0, 0.1) is 11.6 Å². The van der Waals surface area contributed by atoms with Crippen LogP contribution < -0.4 is 11.1 Å². The predicted octanol–water partition coefficient (Wildman–Crippen LogP) is 1.00. The third-order valence-corrected chi connectivity index (χ3v) is 2.54. The Balaban J connectivity index is 3.01. The molecule has 0 atom stereocenters. The van der Waals surface area contributed by atoms with Gasteiger partial charge < -0.3 is 21.1 Å². The number of carbonyl (C=O) groups excluding carboxylic acids is 2. The molecule has 0 fully saturated rings. The van der Waals surface area contributed by atoms with Crippen molar-refractivity contribution in [1.29, 1.82) is 0 Å². The van der Waals surface area contributed by atoms with Crippen molar-refractivity contribution in [3.8, 4) is 0 Å². The molecule has 0 saturated carbocycles. The van der Waals surface area contributed by atoms with Gasteiger partial charge in [0.25, 0.3) is 0 Å². The quantitative estimate of drug-likeness (QED) is 0.753. The lowest BCUT2D eigenvalue weighted by molar-refractivity contribution is -0.118. The molecule has 0 unspecified atom stereocenters. The number of nitrogens with one attached hydrogen (secondary N) is 1. The van der Waals surface area contributed by atoms with Crippen molar-refractivity contribution in [2.75, 3.05) is 18.4 Å². The smallest absolute Gasteiger partial charge is 0.338 e. The Hall–Kier alpha value is -2.71. The molecule has 1 rings (SSSR count). The molecule has 0 spiro atoms. The van der Waals surface area contributed by atoms with Gasteiger partial charge in [-0.2, -0.15) is 0 Å². The number of benzene rings is 1. The van der Waals surface area contributed by atoms with Gasteiger partial charge in [0.1, 0.15) is 18.2 Å². The van der Waals surface area contributed by atoms with Crippen molar-refractivity contribution in [3.05, 3.63) is 29.3 Å². The Morgan fingerprint density at radius 1 is 1.29 bits per heavy atom. The van der Waals surface area contributed by atoms with Gasteiger partial charge >= 0.3 is 12.0 Å². The number of nitrogens with two attached hydrogens (primary N) is 1. The maximum atomic E-state index is 13.5. The van der Waals surface area contributed by atoms with Gasteiger partial charge in [-0.1, -0.05) is 0 Å². The maximum absolute atomic E-state index is 13.5. The topological polar surface area (TPSA) is 113 Å². The summed E-state index contributed by atoms with van der Waals surface area (Å²) >= 11 is 0. The maximum Gasteiger partial charge on any atom is 0.338 e.